The number of thioether (sulfide) groups is 1. The summed E-state index contributed by atoms with van der Waals surface area (Å²) in [7, 11) is 0. The largest absolute Gasteiger partial charge is 0.330 e. The number of benzene rings is 2. The summed E-state index contributed by atoms with van der Waals surface area (Å²) in [5.41, 5.74) is 7.17. The van der Waals surface area contributed by atoms with Gasteiger partial charge in [-0.3, -0.25) is 0 Å². The van der Waals surface area contributed by atoms with E-state index in [1.807, 2.05) is 42.1 Å². The van der Waals surface area contributed by atoms with Crippen molar-refractivity contribution < 1.29 is 0 Å². The third-order valence-corrected chi connectivity index (χ3v) is 4.25. The van der Waals surface area contributed by atoms with Gasteiger partial charge in [0.25, 0.3) is 0 Å². The van der Waals surface area contributed by atoms with Crippen molar-refractivity contribution in [1.29, 1.82) is 0 Å². The van der Waals surface area contributed by atoms with Gasteiger partial charge in [0.15, 0.2) is 0 Å². The second-order valence-electron chi connectivity index (χ2n) is 4.11. The summed E-state index contributed by atoms with van der Waals surface area (Å²) in [6, 6.07) is 18.4. The summed E-state index contributed by atoms with van der Waals surface area (Å²) in [4.78, 5) is 1.23. The second kappa shape index (κ2) is 6.83. The second-order valence-corrected chi connectivity index (χ2v) is 5.64. The highest BCUT2D eigenvalue weighted by molar-refractivity contribution is 7.99. The third kappa shape index (κ3) is 3.77. The first-order valence-electron chi connectivity index (χ1n) is 5.93. The summed E-state index contributed by atoms with van der Waals surface area (Å²) in [5.74, 6) is 1.38. The van der Waals surface area contributed by atoms with Crippen LogP contribution in [0.2, 0.25) is 5.02 Å². The van der Waals surface area contributed by atoms with Crippen molar-refractivity contribution in [3.8, 4) is 0 Å². The summed E-state index contributed by atoms with van der Waals surface area (Å²) in [5, 5.41) is 0.776. The molecule has 1 unspecified atom stereocenters. The molecule has 3 heteroatoms. The zero-order chi connectivity index (χ0) is 12.8. The van der Waals surface area contributed by atoms with Gasteiger partial charge in [0.2, 0.25) is 0 Å². The molecule has 0 spiro atoms. The molecule has 2 aromatic carbocycles. The van der Waals surface area contributed by atoms with E-state index in [4.69, 9.17) is 17.3 Å². The van der Waals surface area contributed by atoms with Gasteiger partial charge in [-0.1, -0.05) is 41.9 Å². The molecule has 0 aromatic heterocycles. The van der Waals surface area contributed by atoms with Gasteiger partial charge < -0.3 is 5.73 Å². The van der Waals surface area contributed by atoms with Crippen LogP contribution < -0.4 is 5.73 Å². The van der Waals surface area contributed by atoms with Crippen LogP contribution in [0.15, 0.2) is 59.5 Å². The quantitative estimate of drug-likeness (QED) is 0.830. The highest BCUT2D eigenvalue weighted by Crippen LogP contribution is 2.26. The molecule has 0 fully saturated rings. The number of nitrogens with two attached hydrogens (primary N) is 1. The van der Waals surface area contributed by atoms with E-state index in [2.05, 4.69) is 24.3 Å². The molecule has 0 amide bonds. The van der Waals surface area contributed by atoms with Gasteiger partial charge in [-0.2, -0.15) is 0 Å². The molecule has 1 nitrogen and oxygen atoms in total. The van der Waals surface area contributed by atoms with Crippen molar-refractivity contribution in [3.05, 3.63) is 65.2 Å². The molecule has 0 aliphatic rings. The molecule has 0 aliphatic heterocycles. The maximum Gasteiger partial charge on any atom is 0.0406 e. The van der Waals surface area contributed by atoms with Crippen LogP contribution in [0.25, 0.3) is 0 Å². The molecule has 2 rings (SSSR count). The fraction of sp³-hybridized carbons (Fsp3) is 0.200. The maximum atomic E-state index is 5.87. The summed E-state index contributed by atoms with van der Waals surface area (Å²) >= 11 is 7.69. The summed E-state index contributed by atoms with van der Waals surface area (Å²) in [6.45, 7) is 0.671. The number of rotatable bonds is 5. The first-order chi connectivity index (χ1) is 8.79. The Balaban J connectivity index is 1.97. The lowest BCUT2D eigenvalue weighted by atomic mass is 10.0. The Morgan fingerprint density at radius 1 is 1.00 bits per heavy atom. The Hall–Kier alpha value is -0.960. The normalized spacial score (nSPS) is 12.3. The molecule has 2 aromatic rings. The van der Waals surface area contributed by atoms with E-state index in [1.54, 1.807) is 0 Å². The molecule has 2 N–H and O–H groups in total. The van der Waals surface area contributed by atoms with Gasteiger partial charge >= 0.3 is 0 Å². The predicted octanol–water partition coefficient (Wildman–Crippen LogP) is 4.17. The Bertz CT molecular complexity index is 470. The molecule has 94 valence electrons. The van der Waals surface area contributed by atoms with Crippen molar-refractivity contribution in [1.82, 2.24) is 0 Å². The smallest absolute Gasteiger partial charge is 0.0406 e. The molecule has 0 radical (unpaired) electrons. The van der Waals surface area contributed by atoms with E-state index in [0.717, 1.165) is 10.8 Å². The van der Waals surface area contributed by atoms with Crippen LogP contribution in [0.4, 0.5) is 0 Å². The first kappa shape index (κ1) is 13.5. The topological polar surface area (TPSA) is 26.0 Å². The van der Waals surface area contributed by atoms with Crippen LogP contribution in [0.1, 0.15) is 11.5 Å². The maximum absolute atomic E-state index is 5.87. The molecule has 0 heterocycles. The average Bonchev–Trinajstić information content (AvgIpc) is 2.43. The predicted molar refractivity (Wildman–Crippen MR) is 80.4 cm³/mol. The van der Waals surface area contributed by atoms with Crippen molar-refractivity contribution in [2.45, 2.75) is 10.8 Å². The van der Waals surface area contributed by atoms with E-state index in [1.165, 1.54) is 10.5 Å². The first-order valence-corrected chi connectivity index (χ1v) is 7.29. The van der Waals surface area contributed by atoms with Crippen LogP contribution in [0, 0.1) is 0 Å². The van der Waals surface area contributed by atoms with Gasteiger partial charge in [0, 0.05) is 21.6 Å². The lowest BCUT2D eigenvalue weighted by Gasteiger charge is -2.14. The third-order valence-electron chi connectivity index (χ3n) is 2.82. The molecule has 0 bridgehead atoms. The van der Waals surface area contributed by atoms with Crippen LogP contribution in [-0.2, 0) is 0 Å². The molecule has 18 heavy (non-hydrogen) atoms. The standard InChI is InChI=1S/C15H16ClNS/c16-14-6-8-15(9-7-14)18-11-13(10-17)12-4-2-1-3-5-12/h1-9,13H,10-11,17H2. The summed E-state index contributed by atoms with van der Waals surface area (Å²) < 4.78 is 0. The average molecular weight is 278 g/mol. The molecule has 1 atom stereocenters. The van der Waals surface area contributed by atoms with Crippen molar-refractivity contribution in [2.75, 3.05) is 12.3 Å². The fourth-order valence-electron chi connectivity index (χ4n) is 1.75. The lowest BCUT2D eigenvalue weighted by Crippen LogP contribution is -2.14. The van der Waals surface area contributed by atoms with Gasteiger partial charge in [-0.05, 0) is 36.4 Å². The fourth-order valence-corrected chi connectivity index (χ4v) is 2.93. The Kier molecular flexibility index (Phi) is 5.12. The highest BCUT2D eigenvalue weighted by atomic mass is 35.5. The minimum atomic E-state index is 0.395. The van der Waals surface area contributed by atoms with E-state index in [0.29, 0.717) is 12.5 Å². The van der Waals surface area contributed by atoms with Crippen LogP contribution in [0.5, 0.6) is 0 Å². The zero-order valence-electron chi connectivity index (χ0n) is 10.1. The Morgan fingerprint density at radius 3 is 2.28 bits per heavy atom. The summed E-state index contributed by atoms with van der Waals surface area (Å²) in [6.07, 6.45) is 0. The SMILES string of the molecule is NCC(CSc1ccc(Cl)cc1)c1ccccc1. The Labute approximate surface area is 117 Å². The number of hydrogen-bond acceptors (Lipinski definition) is 2. The van der Waals surface area contributed by atoms with Crippen molar-refractivity contribution >= 4 is 23.4 Å². The van der Waals surface area contributed by atoms with Gasteiger partial charge in [-0.25, -0.2) is 0 Å². The van der Waals surface area contributed by atoms with E-state index < -0.39 is 0 Å². The van der Waals surface area contributed by atoms with Crippen LogP contribution in [-0.4, -0.2) is 12.3 Å². The lowest BCUT2D eigenvalue weighted by molar-refractivity contribution is 0.785. The molecule has 0 saturated heterocycles. The van der Waals surface area contributed by atoms with Crippen LogP contribution >= 0.6 is 23.4 Å². The van der Waals surface area contributed by atoms with Crippen LogP contribution in [0.3, 0.4) is 0 Å². The molecular formula is C15H16ClNS. The highest BCUT2D eigenvalue weighted by Gasteiger charge is 2.09. The van der Waals surface area contributed by atoms with Crippen molar-refractivity contribution in [2.24, 2.45) is 5.73 Å². The van der Waals surface area contributed by atoms with Gasteiger partial charge in [0.05, 0.1) is 0 Å². The van der Waals surface area contributed by atoms with Crippen molar-refractivity contribution in [3.63, 3.8) is 0 Å². The molecular weight excluding hydrogens is 262 g/mol. The minimum absolute atomic E-state index is 0.395. The van der Waals surface area contributed by atoms with Gasteiger partial charge in [0.1, 0.15) is 0 Å². The van der Waals surface area contributed by atoms with Gasteiger partial charge in [-0.15, -0.1) is 11.8 Å². The van der Waals surface area contributed by atoms with E-state index >= 15 is 0 Å². The number of hydrogen-bond donors (Lipinski definition) is 1. The van der Waals surface area contributed by atoms with E-state index in [-0.39, 0.29) is 0 Å². The molecule has 0 saturated carbocycles. The molecule has 0 aliphatic carbocycles. The number of halogens is 1. The monoisotopic (exact) mass is 277 g/mol. The van der Waals surface area contributed by atoms with E-state index in [9.17, 15) is 0 Å². The Morgan fingerprint density at radius 2 is 1.67 bits per heavy atom. The zero-order valence-corrected chi connectivity index (χ0v) is 11.6. The minimum Gasteiger partial charge on any atom is -0.330 e.